The number of amides is 1. The van der Waals surface area contributed by atoms with Crippen molar-refractivity contribution in [2.24, 2.45) is 0 Å². The van der Waals surface area contributed by atoms with Crippen molar-refractivity contribution in [1.29, 1.82) is 0 Å². The second-order valence-corrected chi connectivity index (χ2v) is 8.78. The summed E-state index contributed by atoms with van der Waals surface area (Å²) in [5, 5.41) is 4.75. The van der Waals surface area contributed by atoms with Gasteiger partial charge in [-0.3, -0.25) is 4.79 Å². The minimum Gasteiger partial charge on any atom is -0.495 e. The number of benzene rings is 3. The number of hydrogen-bond acceptors (Lipinski definition) is 3. The average Bonchev–Trinajstić information content (AvgIpc) is 3.11. The molecule has 0 saturated carbocycles. The van der Waals surface area contributed by atoms with E-state index in [4.69, 9.17) is 16.3 Å². The van der Waals surface area contributed by atoms with Crippen molar-refractivity contribution < 1.29 is 9.53 Å². The van der Waals surface area contributed by atoms with Gasteiger partial charge in [-0.2, -0.15) is 0 Å². The fourth-order valence-electron chi connectivity index (χ4n) is 3.48. The molecule has 4 rings (SSSR count). The summed E-state index contributed by atoms with van der Waals surface area (Å²) in [6.07, 6.45) is 0.698. The van der Waals surface area contributed by atoms with E-state index in [1.54, 1.807) is 13.2 Å². The molecule has 0 atom stereocenters. The van der Waals surface area contributed by atoms with Gasteiger partial charge in [-0.15, -0.1) is 11.3 Å². The van der Waals surface area contributed by atoms with Crippen molar-refractivity contribution in [1.82, 2.24) is 0 Å². The number of hydrogen-bond donors (Lipinski definition) is 1. The van der Waals surface area contributed by atoms with Crippen LogP contribution in [0.3, 0.4) is 0 Å². The number of thiophene rings is 1. The zero-order valence-corrected chi connectivity index (χ0v) is 18.7. The lowest BCUT2D eigenvalue weighted by atomic mass is 10.0. The Morgan fingerprint density at radius 1 is 1.07 bits per heavy atom. The Labute approximate surface area is 185 Å². The Hall–Kier alpha value is -2.82. The minimum absolute atomic E-state index is 0.140. The van der Waals surface area contributed by atoms with Gasteiger partial charge in [0.05, 0.1) is 17.7 Å². The van der Waals surface area contributed by atoms with E-state index in [9.17, 15) is 4.79 Å². The van der Waals surface area contributed by atoms with E-state index < -0.39 is 0 Å². The van der Waals surface area contributed by atoms with Crippen molar-refractivity contribution in [3.63, 3.8) is 0 Å². The highest BCUT2D eigenvalue weighted by Gasteiger charge is 2.20. The molecule has 3 aromatic carbocycles. The monoisotopic (exact) mass is 435 g/mol. The summed E-state index contributed by atoms with van der Waals surface area (Å²) in [5.74, 6) is 0.401. The van der Waals surface area contributed by atoms with Gasteiger partial charge in [0.15, 0.2) is 0 Å². The van der Waals surface area contributed by atoms with Crippen LogP contribution < -0.4 is 10.1 Å². The van der Waals surface area contributed by atoms with Gasteiger partial charge in [0.2, 0.25) is 0 Å². The van der Waals surface area contributed by atoms with E-state index >= 15 is 0 Å². The summed E-state index contributed by atoms with van der Waals surface area (Å²) in [4.78, 5) is 14.0. The van der Waals surface area contributed by atoms with Gasteiger partial charge < -0.3 is 10.1 Å². The van der Waals surface area contributed by atoms with E-state index in [2.05, 4.69) is 48.6 Å². The first kappa shape index (κ1) is 20.5. The normalized spacial score (nSPS) is 10.9. The van der Waals surface area contributed by atoms with Gasteiger partial charge in [0, 0.05) is 15.8 Å². The van der Waals surface area contributed by atoms with E-state index in [1.165, 1.54) is 22.5 Å². The lowest BCUT2D eigenvalue weighted by molar-refractivity contribution is 0.102. The summed E-state index contributed by atoms with van der Waals surface area (Å²) in [6.45, 7) is 3.98. The predicted molar refractivity (Wildman–Crippen MR) is 127 cm³/mol. The van der Waals surface area contributed by atoms with Crippen molar-refractivity contribution in [2.75, 3.05) is 12.4 Å². The van der Waals surface area contributed by atoms with Crippen molar-refractivity contribution in [3.8, 4) is 5.75 Å². The van der Waals surface area contributed by atoms with Crippen LogP contribution in [0.4, 0.5) is 5.69 Å². The fraction of sp³-hybridized carbons (Fsp3) is 0.160. The molecule has 0 radical (unpaired) electrons. The molecule has 1 aromatic heterocycles. The third kappa shape index (κ3) is 4.07. The van der Waals surface area contributed by atoms with Crippen LogP contribution in [0.5, 0.6) is 5.75 Å². The number of halogens is 1. The molecule has 1 heterocycles. The molecule has 0 aliphatic heterocycles. The van der Waals surface area contributed by atoms with Crippen LogP contribution in [0.1, 0.15) is 31.9 Å². The van der Waals surface area contributed by atoms with Gasteiger partial charge in [-0.05, 0) is 54.5 Å². The Morgan fingerprint density at radius 2 is 1.80 bits per heavy atom. The fourth-order valence-corrected chi connectivity index (χ4v) is 4.75. The maximum absolute atomic E-state index is 13.3. The molecule has 4 aromatic rings. The number of aryl methyl sites for hydroxylation is 2. The molecule has 5 heteroatoms. The molecular formula is C25H22ClNO2S. The molecule has 0 aliphatic rings. The van der Waals surface area contributed by atoms with Gasteiger partial charge in [-0.1, -0.05) is 59.6 Å². The first-order chi connectivity index (χ1) is 14.5. The molecule has 1 N–H and O–H groups in total. The highest BCUT2D eigenvalue weighted by Crippen LogP contribution is 2.35. The third-order valence-corrected chi connectivity index (χ3v) is 6.75. The topological polar surface area (TPSA) is 38.3 Å². The molecule has 0 fully saturated rings. The molecule has 3 nitrogen and oxygen atoms in total. The van der Waals surface area contributed by atoms with Crippen LogP contribution in [0.25, 0.3) is 10.1 Å². The minimum atomic E-state index is -0.140. The summed E-state index contributed by atoms with van der Waals surface area (Å²) < 4.78 is 6.52. The smallest absolute Gasteiger partial charge is 0.266 e. The van der Waals surface area contributed by atoms with Crippen LogP contribution in [0, 0.1) is 13.8 Å². The molecule has 0 bridgehead atoms. The van der Waals surface area contributed by atoms with Crippen molar-refractivity contribution in [3.05, 3.63) is 92.8 Å². The Morgan fingerprint density at radius 3 is 2.53 bits per heavy atom. The molecule has 0 unspecified atom stereocenters. The van der Waals surface area contributed by atoms with E-state index in [-0.39, 0.29) is 5.91 Å². The average molecular weight is 436 g/mol. The summed E-state index contributed by atoms with van der Waals surface area (Å²) in [7, 11) is 1.57. The second kappa shape index (κ2) is 8.50. The number of methoxy groups -OCH3 is 1. The molecule has 1 amide bonds. The number of nitrogens with one attached hydrogen (secondary N) is 1. The molecule has 0 spiro atoms. The highest BCUT2D eigenvalue weighted by atomic mass is 35.5. The summed E-state index contributed by atoms with van der Waals surface area (Å²) in [6, 6.07) is 20.2. The van der Waals surface area contributed by atoms with Crippen LogP contribution in [-0.4, -0.2) is 13.0 Å². The third-order valence-electron chi connectivity index (χ3n) is 5.13. The van der Waals surface area contributed by atoms with Crippen molar-refractivity contribution in [2.45, 2.75) is 20.3 Å². The van der Waals surface area contributed by atoms with Crippen LogP contribution in [-0.2, 0) is 6.42 Å². The first-order valence-corrected chi connectivity index (χ1v) is 10.9. The van der Waals surface area contributed by atoms with Gasteiger partial charge in [-0.25, -0.2) is 0 Å². The molecular weight excluding hydrogens is 414 g/mol. The second-order valence-electron chi connectivity index (χ2n) is 7.32. The number of anilines is 1. The van der Waals surface area contributed by atoms with Crippen LogP contribution in [0.15, 0.2) is 60.7 Å². The lowest BCUT2D eigenvalue weighted by Gasteiger charge is -2.12. The Balaban J connectivity index is 1.74. The number of ether oxygens (including phenoxy) is 1. The summed E-state index contributed by atoms with van der Waals surface area (Å²) in [5.41, 5.74) is 4.93. The standard InChI is InChI=1S/C25H22ClNO2S/c1-15-8-10-17(11-9-15)13-19-18-6-4-5-7-23(18)30-24(19)25(28)27-21-12-16(2)20(26)14-22(21)29-3/h4-12,14H,13H2,1-3H3,(H,27,28). The maximum atomic E-state index is 13.3. The number of rotatable bonds is 5. The van der Waals surface area contributed by atoms with Crippen LogP contribution >= 0.6 is 22.9 Å². The molecule has 0 aliphatic carbocycles. The first-order valence-electron chi connectivity index (χ1n) is 9.67. The lowest BCUT2D eigenvalue weighted by Crippen LogP contribution is -2.13. The van der Waals surface area contributed by atoms with E-state index in [0.29, 0.717) is 27.8 Å². The van der Waals surface area contributed by atoms with E-state index in [1.807, 2.05) is 25.1 Å². The van der Waals surface area contributed by atoms with Gasteiger partial charge in [0.25, 0.3) is 5.91 Å². The molecule has 30 heavy (non-hydrogen) atoms. The molecule has 152 valence electrons. The zero-order valence-electron chi connectivity index (χ0n) is 17.1. The van der Waals surface area contributed by atoms with Crippen molar-refractivity contribution >= 4 is 44.6 Å². The molecule has 0 saturated heterocycles. The van der Waals surface area contributed by atoms with E-state index in [0.717, 1.165) is 21.2 Å². The SMILES string of the molecule is COc1cc(Cl)c(C)cc1NC(=O)c1sc2ccccc2c1Cc1ccc(C)cc1. The van der Waals surface area contributed by atoms with Gasteiger partial charge in [0.1, 0.15) is 5.75 Å². The number of fused-ring (bicyclic) bond motifs is 1. The van der Waals surface area contributed by atoms with Crippen LogP contribution in [0.2, 0.25) is 5.02 Å². The Bertz CT molecular complexity index is 1230. The summed E-state index contributed by atoms with van der Waals surface area (Å²) >= 11 is 7.72. The zero-order chi connectivity index (χ0) is 21.3. The quantitative estimate of drug-likeness (QED) is 0.365. The number of carbonyl (C=O) groups is 1. The Kier molecular flexibility index (Phi) is 5.80. The largest absolute Gasteiger partial charge is 0.495 e. The van der Waals surface area contributed by atoms with Gasteiger partial charge >= 0.3 is 0 Å². The highest BCUT2D eigenvalue weighted by molar-refractivity contribution is 7.21. The predicted octanol–water partition coefficient (Wildman–Crippen LogP) is 7.02. The maximum Gasteiger partial charge on any atom is 0.266 e. The number of carbonyl (C=O) groups excluding carboxylic acids is 1.